The minimum absolute atomic E-state index is 0.405. The molecule has 0 rings (SSSR count). The first-order valence-corrected chi connectivity index (χ1v) is 2.79. The highest BCUT2D eigenvalue weighted by atomic mass is 19.4. The molecule has 0 aromatic carbocycles. The van der Waals surface area contributed by atoms with E-state index in [1.807, 2.05) is 0 Å². The molecule has 0 aromatic rings. The van der Waals surface area contributed by atoms with Crippen molar-refractivity contribution in [2.75, 3.05) is 0 Å². The predicted octanol–water partition coefficient (Wildman–Crippen LogP) is 2.25. The van der Waals surface area contributed by atoms with E-state index in [9.17, 15) is 18.0 Å². The lowest BCUT2D eigenvalue weighted by Crippen LogP contribution is -2.19. The molecule has 0 bridgehead atoms. The topological polar surface area (TPSA) is 17.1 Å². The molecule has 0 fully saturated rings. The number of ketones is 1. The third-order valence-corrected chi connectivity index (χ3v) is 0.799. The fourth-order valence-corrected chi connectivity index (χ4v) is 0.312. The largest absolute Gasteiger partial charge is 0.454 e. The number of allylic oxidation sites excluding steroid dienone is 3. The molecule has 0 aliphatic heterocycles. The van der Waals surface area contributed by atoms with Crippen molar-refractivity contribution in [1.82, 2.24) is 0 Å². The van der Waals surface area contributed by atoms with Gasteiger partial charge in [-0.1, -0.05) is 18.2 Å². The van der Waals surface area contributed by atoms with Gasteiger partial charge < -0.3 is 0 Å². The summed E-state index contributed by atoms with van der Waals surface area (Å²) in [6, 6.07) is 0. The van der Waals surface area contributed by atoms with Crippen LogP contribution in [0.2, 0.25) is 0 Å². The lowest BCUT2D eigenvalue weighted by atomic mass is 10.2. The van der Waals surface area contributed by atoms with E-state index in [1.54, 1.807) is 0 Å². The third-order valence-electron chi connectivity index (χ3n) is 0.799. The molecule has 0 N–H and O–H groups in total. The molecular weight excluding hydrogens is 157 g/mol. The Morgan fingerprint density at radius 2 is 1.82 bits per heavy atom. The average molecular weight is 164 g/mol. The van der Waals surface area contributed by atoms with Crippen LogP contribution in [0.5, 0.6) is 0 Å². The summed E-state index contributed by atoms with van der Waals surface area (Å²) in [5.41, 5.74) is 0.405. The van der Waals surface area contributed by atoms with E-state index < -0.39 is 12.0 Å². The summed E-state index contributed by atoms with van der Waals surface area (Å²) in [5, 5.41) is 0. The molecule has 1 nitrogen and oxygen atoms in total. The smallest absolute Gasteiger partial charge is 0.285 e. The van der Waals surface area contributed by atoms with Crippen LogP contribution in [0.3, 0.4) is 0 Å². The van der Waals surface area contributed by atoms with Crippen LogP contribution < -0.4 is 0 Å². The minimum Gasteiger partial charge on any atom is -0.285 e. The molecule has 62 valence electrons. The summed E-state index contributed by atoms with van der Waals surface area (Å²) < 4.78 is 34.4. The Morgan fingerprint density at radius 1 is 1.36 bits per heavy atom. The van der Waals surface area contributed by atoms with Gasteiger partial charge in [-0.15, -0.1) is 0 Å². The fraction of sp³-hybridized carbons (Fsp3) is 0.286. The normalized spacial score (nSPS) is 12.0. The molecule has 0 atom stereocenters. The Kier molecular flexibility index (Phi) is 3.04. The van der Waals surface area contributed by atoms with Gasteiger partial charge in [-0.3, -0.25) is 4.79 Å². The quantitative estimate of drug-likeness (QED) is 0.452. The second-order valence-corrected chi connectivity index (χ2v) is 2.04. The average Bonchev–Trinajstić information content (AvgIpc) is 1.80. The van der Waals surface area contributed by atoms with Gasteiger partial charge in [0, 0.05) is 0 Å². The fourth-order valence-electron chi connectivity index (χ4n) is 0.312. The van der Waals surface area contributed by atoms with Crippen LogP contribution in [0.4, 0.5) is 13.2 Å². The van der Waals surface area contributed by atoms with Gasteiger partial charge in [0.1, 0.15) is 0 Å². The number of hydrogen-bond donors (Lipinski definition) is 0. The zero-order valence-corrected chi connectivity index (χ0v) is 5.90. The van der Waals surface area contributed by atoms with Crippen LogP contribution in [0.25, 0.3) is 0 Å². The molecule has 0 saturated heterocycles. The van der Waals surface area contributed by atoms with Crippen LogP contribution in [-0.2, 0) is 4.79 Å². The first-order chi connectivity index (χ1) is 4.84. The highest BCUT2D eigenvalue weighted by molar-refractivity contribution is 5.94. The number of carbonyl (C=O) groups excluding carboxylic acids is 1. The first kappa shape index (κ1) is 9.94. The van der Waals surface area contributed by atoms with Crippen molar-refractivity contribution in [1.29, 1.82) is 0 Å². The molecule has 11 heavy (non-hydrogen) atoms. The number of alkyl halides is 3. The third kappa shape index (κ3) is 4.36. The van der Waals surface area contributed by atoms with Crippen LogP contribution >= 0.6 is 0 Å². The molecule has 0 spiro atoms. The van der Waals surface area contributed by atoms with Crippen molar-refractivity contribution >= 4 is 5.78 Å². The van der Waals surface area contributed by atoms with Gasteiger partial charge in [0.2, 0.25) is 0 Å². The van der Waals surface area contributed by atoms with Gasteiger partial charge in [0.05, 0.1) is 0 Å². The molecule has 0 saturated carbocycles. The maximum atomic E-state index is 11.5. The summed E-state index contributed by atoms with van der Waals surface area (Å²) >= 11 is 0. The van der Waals surface area contributed by atoms with E-state index in [1.165, 1.54) is 6.92 Å². The lowest BCUT2D eigenvalue weighted by molar-refractivity contribution is -0.165. The standard InChI is InChI=1S/C7H7F3O/c1-5(2)3-4-6(11)7(8,9)10/h3-4H,1H2,2H3/b4-3+. The summed E-state index contributed by atoms with van der Waals surface area (Å²) in [5.74, 6) is -1.86. The molecule has 0 aliphatic carbocycles. The monoisotopic (exact) mass is 164 g/mol. The van der Waals surface area contributed by atoms with E-state index in [0.717, 1.165) is 6.08 Å². The highest BCUT2D eigenvalue weighted by Gasteiger charge is 2.35. The zero-order valence-electron chi connectivity index (χ0n) is 5.90. The van der Waals surface area contributed by atoms with E-state index in [0.29, 0.717) is 11.6 Å². The predicted molar refractivity (Wildman–Crippen MR) is 35.0 cm³/mol. The highest BCUT2D eigenvalue weighted by Crippen LogP contribution is 2.16. The zero-order chi connectivity index (χ0) is 9.07. The summed E-state index contributed by atoms with van der Waals surface area (Å²) in [4.78, 5) is 10.1. The van der Waals surface area contributed by atoms with Crippen molar-refractivity contribution in [3.8, 4) is 0 Å². The van der Waals surface area contributed by atoms with Crippen LogP contribution in [0, 0.1) is 0 Å². The lowest BCUT2D eigenvalue weighted by Gasteiger charge is -1.98. The second-order valence-electron chi connectivity index (χ2n) is 2.04. The number of carbonyl (C=O) groups is 1. The molecule has 4 heteroatoms. The van der Waals surface area contributed by atoms with Gasteiger partial charge >= 0.3 is 6.18 Å². The molecule has 0 radical (unpaired) electrons. The Morgan fingerprint density at radius 3 is 2.09 bits per heavy atom. The number of rotatable bonds is 2. The Hall–Kier alpha value is -1.06. The van der Waals surface area contributed by atoms with Crippen molar-refractivity contribution in [2.24, 2.45) is 0 Å². The summed E-state index contributed by atoms with van der Waals surface area (Å²) in [7, 11) is 0. The molecule has 0 aliphatic rings. The van der Waals surface area contributed by atoms with E-state index >= 15 is 0 Å². The minimum atomic E-state index is -4.77. The Labute approximate surface area is 62.2 Å². The number of halogens is 3. The van der Waals surface area contributed by atoms with E-state index in [4.69, 9.17) is 0 Å². The van der Waals surface area contributed by atoms with Gasteiger partial charge in [-0.2, -0.15) is 13.2 Å². The van der Waals surface area contributed by atoms with Crippen molar-refractivity contribution in [3.63, 3.8) is 0 Å². The van der Waals surface area contributed by atoms with Crippen LogP contribution in [0.15, 0.2) is 24.3 Å². The second kappa shape index (κ2) is 3.37. The van der Waals surface area contributed by atoms with Crippen molar-refractivity contribution in [2.45, 2.75) is 13.1 Å². The number of hydrogen-bond acceptors (Lipinski definition) is 1. The molecular formula is C7H7F3O. The first-order valence-electron chi connectivity index (χ1n) is 2.79. The van der Waals surface area contributed by atoms with Gasteiger partial charge in [0.25, 0.3) is 5.78 Å². The van der Waals surface area contributed by atoms with E-state index in [-0.39, 0.29) is 0 Å². The van der Waals surface area contributed by atoms with Gasteiger partial charge in [0.15, 0.2) is 0 Å². The molecule has 0 unspecified atom stereocenters. The van der Waals surface area contributed by atoms with Crippen LogP contribution in [0.1, 0.15) is 6.92 Å². The molecule has 0 aromatic heterocycles. The van der Waals surface area contributed by atoms with Crippen molar-refractivity contribution in [3.05, 3.63) is 24.3 Å². The Balaban J connectivity index is 4.20. The van der Waals surface area contributed by atoms with Gasteiger partial charge in [-0.05, 0) is 13.0 Å². The van der Waals surface area contributed by atoms with E-state index in [2.05, 4.69) is 6.58 Å². The Bertz CT molecular complexity index is 200. The molecule has 0 heterocycles. The van der Waals surface area contributed by atoms with Crippen LogP contribution in [-0.4, -0.2) is 12.0 Å². The van der Waals surface area contributed by atoms with Gasteiger partial charge in [-0.25, -0.2) is 0 Å². The van der Waals surface area contributed by atoms with Crippen molar-refractivity contribution < 1.29 is 18.0 Å². The summed E-state index contributed by atoms with van der Waals surface area (Å²) in [6.07, 6.45) is -3.29. The SMILES string of the molecule is C=C(C)/C=C/C(=O)C(F)(F)F. The summed E-state index contributed by atoms with van der Waals surface area (Å²) in [6.45, 7) is 4.80. The maximum Gasteiger partial charge on any atom is 0.454 e. The maximum absolute atomic E-state index is 11.5. The molecule has 0 amide bonds.